The molecule has 3 heterocycles. The summed E-state index contributed by atoms with van der Waals surface area (Å²) in [5.41, 5.74) is 4.73. The molecule has 0 spiro atoms. The number of amides is 1. The van der Waals surface area contributed by atoms with E-state index in [2.05, 4.69) is 22.3 Å². The van der Waals surface area contributed by atoms with Crippen LogP contribution in [0.25, 0.3) is 11.0 Å². The van der Waals surface area contributed by atoms with Crippen LogP contribution in [-0.2, 0) is 4.79 Å². The Morgan fingerprint density at radius 3 is 2.46 bits per heavy atom. The first-order valence-electron chi connectivity index (χ1n) is 12.3. The van der Waals surface area contributed by atoms with Crippen LogP contribution in [0.1, 0.15) is 18.5 Å². The van der Waals surface area contributed by atoms with E-state index in [1.165, 1.54) is 6.07 Å². The summed E-state index contributed by atoms with van der Waals surface area (Å²) in [6.07, 6.45) is 0. The molecule has 2 aliphatic heterocycles. The van der Waals surface area contributed by atoms with Crippen LogP contribution in [0.5, 0.6) is 0 Å². The van der Waals surface area contributed by atoms with Crippen molar-refractivity contribution in [1.29, 1.82) is 0 Å². The van der Waals surface area contributed by atoms with Gasteiger partial charge in [0.1, 0.15) is 0 Å². The third kappa shape index (κ3) is 3.98. The quantitative estimate of drug-likeness (QED) is 0.330. The van der Waals surface area contributed by atoms with Gasteiger partial charge in [0.2, 0.25) is 5.95 Å². The molecule has 1 fully saturated rings. The number of carbonyl (C=O) groups excluding carboxylic acids is 1. The first kappa shape index (κ1) is 22.8. The van der Waals surface area contributed by atoms with Gasteiger partial charge in [0.25, 0.3) is 11.6 Å². The zero-order chi connectivity index (χ0) is 25.5. The van der Waals surface area contributed by atoms with Gasteiger partial charge in [0, 0.05) is 49.7 Å². The van der Waals surface area contributed by atoms with E-state index in [0.29, 0.717) is 35.9 Å². The van der Waals surface area contributed by atoms with Gasteiger partial charge in [0.05, 0.1) is 27.6 Å². The molecule has 4 aromatic rings. The second-order valence-electron chi connectivity index (χ2n) is 9.33. The number of rotatable bonds is 4. The SMILES string of the molecule is CC1=C(C(=O)N2CCN(c3ccccc3)CC2)C(c2cccc([N+](=O)[O-])c2)n2c(nc3ccccc32)N1. The minimum atomic E-state index is -0.553. The lowest BCUT2D eigenvalue weighted by atomic mass is 9.93. The fraction of sp³-hybridized carbons (Fsp3) is 0.214. The number of nitrogens with zero attached hydrogens (tertiary/aromatic N) is 5. The molecule has 3 aromatic carbocycles. The predicted molar refractivity (Wildman–Crippen MR) is 143 cm³/mol. The van der Waals surface area contributed by atoms with Gasteiger partial charge in [-0.3, -0.25) is 19.5 Å². The molecular formula is C28H26N6O3. The van der Waals surface area contributed by atoms with Crippen molar-refractivity contribution in [2.45, 2.75) is 13.0 Å². The molecule has 1 saturated heterocycles. The highest BCUT2D eigenvalue weighted by Crippen LogP contribution is 2.40. The highest BCUT2D eigenvalue weighted by Gasteiger charge is 2.37. The van der Waals surface area contributed by atoms with Crippen molar-refractivity contribution < 1.29 is 9.72 Å². The maximum atomic E-state index is 14.1. The molecule has 0 bridgehead atoms. The number of carbonyl (C=O) groups is 1. The van der Waals surface area contributed by atoms with E-state index in [4.69, 9.17) is 4.98 Å². The van der Waals surface area contributed by atoms with Crippen molar-refractivity contribution in [3.8, 4) is 0 Å². The second kappa shape index (κ2) is 9.09. The Kier molecular flexibility index (Phi) is 5.60. The van der Waals surface area contributed by atoms with Crippen LogP contribution in [0.4, 0.5) is 17.3 Å². The molecule has 186 valence electrons. The van der Waals surface area contributed by atoms with Gasteiger partial charge in [-0.2, -0.15) is 0 Å². The molecule has 0 radical (unpaired) electrons. The lowest BCUT2D eigenvalue weighted by Gasteiger charge is -2.39. The summed E-state index contributed by atoms with van der Waals surface area (Å²) < 4.78 is 1.98. The molecule has 0 saturated carbocycles. The molecule has 1 N–H and O–H groups in total. The maximum Gasteiger partial charge on any atom is 0.269 e. The summed E-state index contributed by atoms with van der Waals surface area (Å²) in [4.78, 5) is 34.2. The molecule has 37 heavy (non-hydrogen) atoms. The minimum Gasteiger partial charge on any atom is -0.368 e. The fourth-order valence-corrected chi connectivity index (χ4v) is 5.34. The van der Waals surface area contributed by atoms with Gasteiger partial charge in [-0.1, -0.05) is 42.5 Å². The molecular weight excluding hydrogens is 468 g/mol. The van der Waals surface area contributed by atoms with Crippen LogP contribution in [0.3, 0.4) is 0 Å². The zero-order valence-corrected chi connectivity index (χ0v) is 20.4. The van der Waals surface area contributed by atoms with Crippen molar-refractivity contribution >= 4 is 34.3 Å². The minimum absolute atomic E-state index is 0.0112. The molecule has 1 amide bonds. The summed E-state index contributed by atoms with van der Waals surface area (Å²) in [6.45, 7) is 4.51. The molecule has 2 aliphatic rings. The number of para-hydroxylation sites is 3. The third-order valence-electron chi connectivity index (χ3n) is 7.15. The van der Waals surface area contributed by atoms with E-state index in [0.717, 1.165) is 29.8 Å². The zero-order valence-electron chi connectivity index (χ0n) is 20.4. The fourth-order valence-electron chi connectivity index (χ4n) is 5.34. The average Bonchev–Trinajstić information content (AvgIpc) is 3.30. The number of aromatic nitrogens is 2. The number of allylic oxidation sites excluding steroid dienone is 1. The average molecular weight is 495 g/mol. The smallest absolute Gasteiger partial charge is 0.269 e. The summed E-state index contributed by atoms with van der Waals surface area (Å²) in [6, 6.07) is 23.9. The predicted octanol–water partition coefficient (Wildman–Crippen LogP) is 4.58. The van der Waals surface area contributed by atoms with Gasteiger partial charge >= 0.3 is 0 Å². The number of nitro benzene ring substituents is 1. The van der Waals surface area contributed by atoms with E-state index in [1.807, 2.05) is 64.9 Å². The molecule has 9 heteroatoms. The standard InChI is InChI=1S/C28H26N6O3/c1-19-25(27(35)32-16-14-31(15-17-32)21-9-3-2-4-10-21)26(20-8-7-11-22(18-20)34(36)37)33-24-13-6-5-12-23(24)30-28(33)29-19/h2-13,18,26H,14-17H2,1H3,(H,29,30). The first-order chi connectivity index (χ1) is 18.0. The monoisotopic (exact) mass is 494 g/mol. The Bertz CT molecular complexity index is 1540. The number of imidazole rings is 1. The second-order valence-corrected chi connectivity index (χ2v) is 9.33. The molecule has 0 aliphatic carbocycles. The van der Waals surface area contributed by atoms with Gasteiger partial charge < -0.3 is 15.1 Å². The van der Waals surface area contributed by atoms with Gasteiger partial charge in [-0.15, -0.1) is 0 Å². The Labute approximate surface area is 213 Å². The maximum absolute atomic E-state index is 14.1. The van der Waals surface area contributed by atoms with E-state index in [9.17, 15) is 14.9 Å². The number of non-ortho nitro benzene ring substituents is 1. The van der Waals surface area contributed by atoms with E-state index >= 15 is 0 Å². The molecule has 1 aromatic heterocycles. The largest absolute Gasteiger partial charge is 0.368 e. The van der Waals surface area contributed by atoms with Crippen LogP contribution in [0, 0.1) is 10.1 Å². The first-order valence-corrected chi connectivity index (χ1v) is 12.3. The molecule has 6 rings (SSSR count). The number of hydrogen-bond acceptors (Lipinski definition) is 6. The Balaban J connectivity index is 1.39. The summed E-state index contributed by atoms with van der Waals surface area (Å²) >= 11 is 0. The van der Waals surface area contributed by atoms with E-state index < -0.39 is 11.0 Å². The number of benzene rings is 3. The number of anilines is 2. The molecule has 1 atom stereocenters. The Hall–Kier alpha value is -4.66. The Morgan fingerprint density at radius 2 is 1.70 bits per heavy atom. The normalized spacial score (nSPS) is 17.5. The topological polar surface area (TPSA) is 96.5 Å². The van der Waals surface area contributed by atoms with Gasteiger partial charge in [0.15, 0.2) is 0 Å². The molecule has 1 unspecified atom stereocenters. The van der Waals surface area contributed by atoms with Crippen LogP contribution in [0.15, 0.2) is 90.1 Å². The summed E-state index contributed by atoms with van der Waals surface area (Å²) in [5, 5.41) is 14.9. The van der Waals surface area contributed by atoms with Crippen LogP contribution >= 0.6 is 0 Å². The Morgan fingerprint density at radius 1 is 0.973 bits per heavy atom. The lowest BCUT2D eigenvalue weighted by molar-refractivity contribution is -0.384. The number of nitrogens with one attached hydrogen (secondary N) is 1. The van der Waals surface area contributed by atoms with Crippen LogP contribution < -0.4 is 10.2 Å². The summed E-state index contributed by atoms with van der Waals surface area (Å²) in [5.74, 6) is 0.540. The van der Waals surface area contributed by atoms with Crippen LogP contribution in [0.2, 0.25) is 0 Å². The molecule has 9 nitrogen and oxygen atoms in total. The van der Waals surface area contributed by atoms with Crippen molar-refractivity contribution in [3.63, 3.8) is 0 Å². The van der Waals surface area contributed by atoms with E-state index in [-0.39, 0.29) is 11.6 Å². The van der Waals surface area contributed by atoms with Crippen molar-refractivity contribution in [3.05, 3.63) is 106 Å². The van der Waals surface area contributed by atoms with Gasteiger partial charge in [-0.05, 0) is 36.8 Å². The lowest BCUT2D eigenvalue weighted by Crippen LogP contribution is -2.50. The number of piperazine rings is 1. The highest BCUT2D eigenvalue weighted by molar-refractivity contribution is 5.98. The van der Waals surface area contributed by atoms with Crippen molar-refractivity contribution in [2.24, 2.45) is 0 Å². The third-order valence-corrected chi connectivity index (χ3v) is 7.15. The number of fused-ring (bicyclic) bond motifs is 3. The highest BCUT2D eigenvalue weighted by atomic mass is 16.6. The van der Waals surface area contributed by atoms with E-state index in [1.54, 1.807) is 12.1 Å². The van der Waals surface area contributed by atoms with Crippen molar-refractivity contribution in [2.75, 3.05) is 36.4 Å². The van der Waals surface area contributed by atoms with Crippen LogP contribution in [-0.4, -0.2) is 51.5 Å². The number of hydrogen-bond donors (Lipinski definition) is 1. The van der Waals surface area contributed by atoms with Crippen molar-refractivity contribution in [1.82, 2.24) is 14.5 Å². The van der Waals surface area contributed by atoms with Gasteiger partial charge in [-0.25, -0.2) is 4.98 Å². The summed E-state index contributed by atoms with van der Waals surface area (Å²) in [7, 11) is 0. The number of nitro groups is 1.